The van der Waals surface area contributed by atoms with Crippen LogP contribution < -0.4 is 10.5 Å². The van der Waals surface area contributed by atoms with E-state index in [9.17, 15) is 0 Å². The van der Waals surface area contributed by atoms with Gasteiger partial charge in [0.1, 0.15) is 0 Å². The molecule has 18 heavy (non-hydrogen) atoms. The Kier molecular flexibility index (Phi) is 5.00. The van der Waals surface area contributed by atoms with Gasteiger partial charge in [-0.25, -0.2) is 4.98 Å². The highest BCUT2D eigenvalue weighted by molar-refractivity contribution is 5.25. The topological polar surface area (TPSA) is 48.1 Å². The fourth-order valence-corrected chi connectivity index (χ4v) is 2.31. The van der Waals surface area contributed by atoms with Crippen LogP contribution in [-0.2, 0) is 13.0 Å². The third kappa shape index (κ3) is 3.70. The molecule has 2 rings (SSSR count). The molecule has 100 valence electrons. The Morgan fingerprint density at radius 2 is 2.22 bits per heavy atom. The van der Waals surface area contributed by atoms with Gasteiger partial charge in [-0.05, 0) is 30.4 Å². The zero-order valence-electron chi connectivity index (χ0n) is 11.3. The molecule has 0 bridgehead atoms. The summed E-state index contributed by atoms with van der Waals surface area (Å²) in [6.07, 6.45) is 7.40. The van der Waals surface area contributed by atoms with E-state index in [0.717, 1.165) is 48.9 Å². The summed E-state index contributed by atoms with van der Waals surface area (Å²) < 4.78 is 5.78. The number of ether oxygens (including phenoxy) is 1. The van der Waals surface area contributed by atoms with E-state index in [4.69, 9.17) is 10.5 Å². The van der Waals surface area contributed by atoms with Crippen LogP contribution in [0, 0.1) is 5.92 Å². The molecule has 0 aromatic carbocycles. The maximum Gasteiger partial charge on any atom is 0.213 e. The van der Waals surface area contributed by atoms with E-state index in [1.165, 1.54) is 19.3 Å². The van der Waals surface area contributed by atoms with Gasteiger partial charge in [-0.2, -0.15) is 0 Å². The molecule has 0 saturated heterocycles. The Morgan fingerprint density at radius 1 is 1.39 bits per heavy atom. The van der Waals surface area contributed by atoms with E-state index in [1.54, 1.807) is 0 Å². The van der Waals surface area contributed by atoms with Gasteiger partial charge in [0, 0.05) is 18.3 Å². The zero-order chi connectivity index (χ0) is 12.8. The van der Waals surface area contributed by atoms with E-state index in [2.05, 4.69) is 18.0 Å². The van der Waals surface area contributed by atoms with Gasteiger partial charge in [0.15, 0.2) is 0 Å². The van der Waals surface area contributed by atoms with E-state index in [-0.39, 0.29) is 0 Å². The third-order valence-corrected chi connectivity index (χ3v) is 3.66. The normalized spacial score (nSPS) is 15.4. The van der Waals surface area contributed by atoms with Crippen LogP contribution in [-0.4, -0.2) is 11.6 Å². The number of aromatic nitrogens is 1. The number of nitrogens with two attached hydrogens (primary N) is 1. The van der Waals surface area contributed by atoms with Crippen molar-refractivity contribution in [2.75, 3.05) is 6.61 Å². The molecule has 2 N–H and O–H groups in total. The molecular formula is C15H24N2O. The van der Waals surface area contributed by atoms with Crippen LogP contribution in [0.4, 0.5) is 0 Å². The van der Waals surface area contributed by atoms with Gasteiger partial charge in [-0.15, -0.1) is 0 Å². The van der Waals surface area contributed by atoms with E-state index in [0.29, 0.717) is 6.54 Å². The molecule has 1 aliphatic carbocycles. The Hall–Kier alpha value is -1.09. The highest BCUT2D eigenvalue weighted by atomic mass is 16.5. The molecule has 1 saturated carbocycles. The van der Waals surface area contributed by atoms with Crippen LogP contribution in [0.1, 0.15) is 50.3 Å². The fourth-order valence-electron chi connectivity index (χ4n) is 2.31. The van der Waals surface area contributed by atoms with Crippen LogP contribution in [0.5, 0.6) is 5.88 Å². The first-order valence-corrected chi connectivity index (χ1v) is 7.14. The summed E-state index contributed by atoms with van der Waals surface area (Å²) in [7, 11) is 0. The maximum atomic E-state index is 5.78. The molecule has 1 aromatic rings. The summed E-state index contributed by atoms with van der Waals surface area (Å²) >= 11 is 0. The minimum atomic E-state index is 0.554. The first kappa shape index (κ1) is 13.3. The molecule has 0 unspecified atom stereocenters. The van der Waals surface area contributed by atoms with Crippen molar-refractivity contribution in [3.05, 3.63) is 23.4 Å². The van der Waals surface area contributed by atoms with Gasteiger partial charge in [0.2, 0.25) is 5.88 Å². The molecule has 1 aliphatic rings. The Bertz CT molecular complexity index is 375. The van der Waals surface area contributed by atoms with Crippen LogP contribution >= 0.6 is 0 Å². The second-order valence-corrected chi connectivity index (χ2v) is 5.19. The first-order chi connectivity index (χ1) is 8.81. The lowest BCUT2D eigenvalue weighted by Crippen LogP contribution is -2.15. The predicted molar refractivity (Wildman–Crippen MR) is 73.6 cm³/mol. The molecule has 0 atom stereocenters. The lowest BCUT2D eigenvalue weighted by molar-refractivity contribution is 0.217. The minimum absolute atomic E-state index is 0.554. The second-order valence-electron chi connectivity index (χ2n) is 5.19. The zero-order valence-corrected chi connectivity index (χ0v) is 11.3. The van der Waals surface area contributed by atoms with Crippen molar-refractivity contribution in [2.45, 2.75) is 52.0 Å². The van der Waals surface area contributed by atoms with Crippen molar-refractivity contribution < 1.29 is 4.74 Å². The predicted octanol–water partition coefficient (Wildman–Crippen LogP) is 3.06. The summed E-state index contributed by atoms with van der Waals surface area (Å²) in [6, 6.07) is 4.06. The lowest BCUT2D eigenvalue weighted by Gasteiger charge is -2.24. The van der Waals surface area contributed by atoms with Gasteiger partial charge in [-0.1, -0.05) is 32.6 Å². The number of hydrogen-bond acceptors (Lipinski definition) is 3. The molecule has 1 aromatic heterocycles. The molecule has 0 spiro atoms. The van der Waals surface area contributed by atoms with E-state index < -0.39 is 0 Å². The van der Waals surface area contributed by atoms with Gasteiger partial charge >= 0.3 is 0 Å². The summed E-state index contributed by atoms with van der Waals surface area (Å²) in [5.41, 5.74) is 7.92. The summed E-state index contributed by atoms with van der Waals surface area (Å²) in [4.78, 5) is 4.53. The average Bonchev–Trinajstić information content (AvgIpc) is 2.32. The van der Waals surface area contributed by atoms with Crippen LogP contribution in [0.3, 0.4) is 0 Å². The molecule has 0 radical (unpaired) electrons. The average molecular weight is 248 g/mol. The van der Waals surface area contributed by atoms with Crippen molar-refractivity contribution >= 4 is 0 Å². The number of aryl methyl sites for hydroxylation is 1. The second kappa shape index (κ2) is 6.74. The van der Waals surface area contributed by atoms with Crippen LogP contribution in [0.25, 0.3) is 0 Å². The van der Waals surface area contributed by atoms with Gasteiger partial charge < -0.3 is 10.5 Å². The summed E-state index contributed by atoms with van der Waals surface area (Å²) in [6.45, 7) is 3.50. The number of nitrogens with zero attached hydrogens (tertiary/aromatic N) is 1. The van der Waals surface area contributed by atoms with Crippen LogP contribution in [0.15, 0.2) is 12.1 Å². The van der Waals surface area contributed by atoms with Crippen molar-refractivity contribution in [3.63, 3.8) is 0 Å². The molecule has 3 heteroatoms. The molecule has 1 heterocycles. The molecule has 0 amide bonds. The molecular weight excluding hydrogens is 224 g/mol. The Labute approximate surface area is 110 Å². The fraction of sp³-hybridized carbons (Fsp3) is 0.667. The maximum absolute atomic E-state index is 5.78. The van der Waals surface area contributed by atoms with Crippen LogP contribution in [0.2, 0.25) is 0 Å². The molecule has 1 fully saturated rings. The molecule has 3 nitrogen and oxygen atoms in total. The van der Waals surface area contributed by atoms with Gasteiger partial charge in [-0.3, -0.25) is 0 Å². The quantitative estimate of drug-likeness (QED) is 0.806. The molecule has 0 aliphatic heterocycles. The summed E-state index contributed by atoms with van der Waals surface area (Å²) in [5, 5.41) is 0. The largest absolute Gasteiger partial charge is 0.478 e. The summed E-state index contributed by atoms with van der Waals surface area (Å²) in [5.74, 6) is 1.64. The van der Waals surface area contributed by atoms with E-state index in [1.807, 2.05) is 6.07 Å². The van der Waals surface area contributed by atoms with E-state index >= 15 is 0 Å². The van der Waals surface area contributed by atoms with Crippen molar-refractivity contribution in [1.82, 2.24) is 4.98 Å². The third-order valence-electron chi connectivity index (χ3n) is 3.66. The van der Waals surface area contributed by atoms with Gasteiger partial charge in [0.05, 0.1) is 6.61 Å². The highest BCUT2D eigenvalue weighted by Gasteiger charge is 2.17. The van der Waals surface area contributed by atoms with Crippen molar-refractivity contribution in [1.29, 1.82) is 0 Å². The Morgan fingerprint density at radius 3 is 2.83 bits per heavy atom. The SMILES string of the molecule is CCCc1cc(CN)cc(OCCC2CCC2)n1. The number of rotatable bonds is 7. The lowest BCUT2D eigenvalue weighted by atomic mass is 9.83. The Balaban J connectivity index is 1.90. The number of pyridine rings is 1. The smallest absolute Gasteiger partial charge is 0.213 e. The number of hydrogen-bond donors (Lipinski definition) is 1. The van der Waals surface area contributed by atoms with Gasteiger partial charge in [0.25, 0.3) is 0 Å². The van der Waals surface area contributed by atoms with Crippen molar-refractivity contribution in [3.8, 4) is 5.88 Å². The highest BCUT2D eigenvalue weighted by Crippen LogP contribution is 2.29. The van der Waals surface area contributed by atoms with Crippen molar-refractivity contribution in [2.24, 2.45) is 11.7 Å². The standard InChI is InChI=1S/C15H24N2O/c1-2-4-14-9-13(11-16)10-15(17-14)18-8-7-12-5-3-6-12/h9-10,12H,2-8,11,16H2,1H3. The monoisotopic (exact) mass is 248 g/mol. The minimum Gasteiger partial charge on any atom is -0.478 e. The first-order valence-electron chi connectivity index (χ1n) is 7.14.